The van der Waals surface area contributed by atoms with E-state index < -0.39 is 0 Å². The maximum atomic E-state index is 12.5. The zero-order valence-corrected chi connectivity index (χ0v) is 12.2. The number of carbonyl (C=O) groups excluding carboxylic acids is 1. The number of hydrogen-bond donors (Lipinski definition) is 0. The van der Waals surface area contributed by atoms with Crippen LogP contribution in [0.2, 0.25) is 0 Å². The lowest BCUT2D eigenvalue weighted by molar-refractivity contribution is 0.0703. The lowest BCUT2D eigenvalue weighted by Crippen LogP contribution is -2.30. The number of pyridine rings is 1. The summed E-state index contributed by atoms with van der Waals surface area (Å²) in [7, 11) is 3.91. The van der Waals surface area contributed by atoms with E-state index in [4.69, 9.17) is 4.42 Å². The first kappa shape index (κ1) is 13.6. The SMILES string of the molecule is CN(C)c1cc([C@H]2CCCN2C(=O)c2cnco2)ccn1. The molecule has 3 heterocycles. The van der Waals surface area contributed by atoms with Crippen LogP contribution in [0.15, 0.2) is 35.3 Å². The minimum Gasteiger partial charge on any atom is -0.438 e. The lowest BCUT2D eigenvalue weighted by atomic mass is 10.1. The zero-order chi connectivity index (χ0) is 14.8. The molecule has 0 N–H and O–H groups in total. The molecule has 1 aliphatic heterocycles. The van der Waals surface area contributed by atoms with Crippen LogP contribution in [0.25, 0.3) is 0 Å². The van der Waals surface area contributed by atoms with E-state index in [1.165, 1.54) is 12.6 Å². The van der Waals surface area contributed by atoms with Gasteiger partial charge in [-0.2, -0.15) is 0 Å². The van der Waals surface area contributed by atoms with E-state index >= 15 is 0 Å². The number of hydrogen-bond acceptors (Lipinski definition) is 5. The molecule has 6 nitrogen and oxygen atoms in total. The molecule has 1 aliphatic rings. The Hall–Kier alpha value is -2.37. The number of carbonyl (C=O) groups is 1. The van der Waals surface area contributed by atoms with Gasteiger partial charge in [0.25, 0.3) is 5.91 Å². The van der Waals surface area contributed by atoms with Gasteiger partial charge in [-0.15, -0.1) is 0 Å². The van der Waals surface area contributed by atoms with Crippen molar-refractivity contribution in [2.75, 3.05) is 25.5 Å². The summed E-state index contributed by atoms with van der Waals surface area (Å²) >= 11 is 0. The van der Waals surface area contributed by atoms with Crippen LogP contribution < -0.4 is 4.90 Å². The van der Waals surface area contributed by atoms with Crippen LogP contribution in [-0.4, -0.2) is 41.4 Å². The molecule has 21 heavy (non-hydrogen) atoms. The van der Waals surface area contributed by atoms with E-state index in [0.717, 1.165) is 30.8 Å². The van der Waals surface area contributed by atoms with E-state index in [0.29, 0.717) is 5.76 Å². The molecule has 2 aromatic rings. The van der Waals surface area contributed by atoms with Crippen molar-refractivity contribution in [3.05, 3.63) is 42.2 Å². The van der Waals surface area contributed by atoms with Crippen LogP contribution in [0.1, 0.15) is 35.0 Å². The molecule has 0 bridgehead atoms. The van der Waals surface area contributed by atoms with E-state index in [1.54, 1.807) is 6.20 Å². The van der Waals surface area contributed by atoms with Crippen molar-refractivity contribution in [1.82, 2.24) is 14.9 Å². The fourth-order valence-corrected chi connectivity index (χ4v) is 2.71. The molecular formula is C15H18N4O2. The number of aromatic nitrogens is 2. The Labute approximate surface area is 123 Å². The van der Waals surface area contributed by atoms with Gasteiger partial charge in [-0.05, 0) is 30.5 Å². The van der Waals surface area contributed by atoms with Crippen LogP contribution in [-0.2, 0) is 0 Å². The van der Waals surface area contributed by atoms with Gasteiger partial charge in [0.05, 0.1) is 12.2 Å². The minimum atomic E-state index is -0.0989. The van der Waals surface area contributed by atoms with Gasteiger partial charge in [0, 0.05) is 26.8 Å². The summed E-state index contributed by atoms with van der Waals surface area (Å²) in [6.45, 7) is 0.740. The highest BCUT2D eigenvalue weighted by Crippen LogP contribution is 2.33. The van der Waals surface area contributed by atoms with Crippen molar-refractivity contribution < 1.29 is 9.21 Å². The Balaban J connectivity index is 1.87. The Bertz CT molecular complexity index is 624. The summed E-state index contributed by atoms with van der Waals surface area (Å²) in [4.78, 5) is 24.4. The van der Waals surface area contributed by atoms with Crippen LogP contribution in [0.5, 0.6) is 0 Å². The van der Waals surface area contributed by atoms with E-state index in [1.807, 2.05) is 36.0 Å². The van der Waals surface area contributed by atoms with E-state index in [9.17, 15) is 4.79 Å². The Kier molecular flexibility index (Phi) is 3.60. The third-order valence-corrected chi connectivity index (χ3v) is 3.77. The Morgan fingerprint density at radius 3 is 3.05 bits per heavy atom. The molecule has 110 valence electrons. The van der Waals surface area contributed by atoms with Gasteiger partial charge in [-0.1, -0.05) is 0 Å². The van der Waals surface area contributed by atoms with Crippen molar-refractivity contribution in [2.45, 2.75) is 18.9 Å². The predicted molar refractivity (Wildman–Crippen MR) is 78.1 cm³/mol. The van der Waals surface area contributed by atoms with Gasteiger partial charge in [0.1, 0.15) is 5.82 Å². The lowest BCUT2D eigenvalue weighted by Gasteiger charge is -2.24. The molecule has 0 aliphatic carbocycles. The molecule has 0 spiro atoms. The van der Waals surface area contributed by atoms with Crippen LogP contribution >= 0.6 is 0 Å². The zero-order valence-electron chi connectivity index (χ0n) is 12.2. The molecule has 2 aromatic heterocycles. The van der Waals surface area contributed by atoms with E-state index in [-0.39, 0.29) is 11.9 Å². The normalized spacial score (nSPS) is 18.0. The minimum absolute atomic E-state index is 0.0734. The second-order valence-corrected chi connectivity index (χ2v) is 5.36. The van der Waals surface area contributed by atoms with E-state index in [2.05, 4.69) is 9.97 Å². The maximum absolute atomic E-state index is 12.5. The fraction of sp³-hybridized carbons (Fsp3) is 0.400. The highest BCUT2D eigenvalue weighted by Gasteiger charge is 2.32. The third-order valence-electron chi connectivity index (χ3n) is 3.77. The predicted octanol–water partition coefficient (Wildman–Crippen LogP) is 2.11. The number of anilines is 1. The van der Waals surface area contributed by atoms with Crippen molar-refractivity contribution in [2.24, 2.45) is 0 Å². The summed E-state index contributed by atoms with van der Waals surface area (Å²) < 4.78 is 5.13. The smallest absolute Gasteiger partial charge is 0.291 e. The topological polar surface area (TPSA) is 62.5 Å². The molecule has 3 rings (SSSR count). The second-order valence-electron chi connectivity index (χ2n) is 5.36. The fourth-order valence-electron chi connectivity index (χ4n) is 2.71. The van der Waals surface area contributed by atoms with Gasteiger partial charge >= 0.3 is 0 Å². The van der Waals surface area contributed by atoms with Gasteiger partial charge in [-0.25, -0.2) is 9.97 Å². The number of rotatable bonds is 3. The van der Waals surface area contributed by atoms with Crippen molar-refractivity contribution in [1.29, 1.82) is 0 Å². The molecule has 1 amide bonds. The second kappa shape index (κ2) is 5.55. The number of oxazole rings is 1. The molecule has 0 aromatic carbocycles. The molecule has 6 heteroatoms. The molecule has 0 saturated carbocycles. The summed E-state index contributed by atoms with van der Waals surface area (Å²) in [5, 5.41) is 0. The highest BCUT2D eigenvalue weighted by molar-refractivity contribution is 5.91. The van der Waals surface area contributed by atoms with Gasteiger partial charge in [0.15, 0.2) is 6.39 Å². The average molecular weight is 286 g/mol. The summed E-state index contributed by atoms with van der Waals surface area (Å²) in [6, 6.07) is 4.09. The first-order chi connectivity index (χ1) is 10.2. The first-order valence-electron chi connectivity index (χ1n) is 6.99. The van der Waals surface area contributed by atoms with Crippen molar-refractivity contribution in [3.63, 3.8) is 0 Å². The average Bonchev–Trinajstić information content (AvgIpc) is 3.18. The van der Waals surface area contributed by atoms with Gasteiger partial charge in [0.2, 0.25) is 5.76 Å². The third kappa shape index (κ3) is 2.61. The maximum Gasteiger partial charge on any atom is 0.291 e. The monoisotopic (exact) mass is 286 g/mol. The number of amides is 1. The van der Waals surface area contributed by atoms with Gasteiger partial charge < -0.3 is 14.2 Å². The largest absolute Gasteiger partial charge is 0.438 e. The van der Waals surface area contributed by atoms with Crippen molar-refractivity contribution in [3.8, 4) is 0 Å². The molecule has 0 unspecified atom stereocenters. The number of nitrogens with zero attached hydrogens (tertiary/aromatic N) is 4. The Morgan fingerprint density at radius 1 is 1.48 bits per heavy atom. The van der Waals surface area contributed by atoms with Crippen LogP contribution in [0.3, 0.4) is 0 Å². The first-order valence-corrected chi connectivity index (χ1v) is 6.99. The van der Waals surface area contributed by atoms with Crippen LogP contribution in [0.4, 0.5) is 5.82 Å². The molecular weight excluding hydrogens is 268 g/mol. The molecule has 1 saturated heterocycles. The van der Waals surface area contributed by atoms with Gasteiger partial charge in [-0.3, -0.25) is 4.79 Å². The summed E-state index contributed by atoms with van der Waals surface area (Å²) in [5.41, 5.74) is 1.11. The standard InChI is InChI=1S/C15H18N4O2/c1-18(2)14-8-11(5-6-17-14)12-4-3-7-19(12)15(20)13-9-16-10-21-13/h5-6,8-10,12H,3-4,7H2,1-2H3/t12-/m1/s1. The summed E-state index contributed by atoms with van der Waals surface area (Å²) in [6.07, 6.45) is 6.49. The number of likely N-dealkylation sites (tertiary alicyclic amines) is 1. The molecule has 0 radical (unpaired) electrons. The Morgan fingerprint density at radius 2 is 2.33 bits per heavy atom. The summed E-state index contributed by atoms with van der Waals surface area (Å²) in [5.74, 6) is 1.09. The quantitative estimate of drug-likeness (QED) is 0.864. The molecule has 1 fully saturated rings. The van der Waals surface area contributed by atoms with Crippen LogP contribution in [0, 0.1) is 0 Å². The van der Waals surface area contributed by atoms with Crippen molar-refractivity contribution >= 4 is 11.7 Å². The molecule has 1 atom stereocenters. The highest BCUT2D eigenvalue weighted by atomic mass is 16.3.